The van der Waals surface area contributed by atoms with Gasteiger partial charge in [-0.15, -0.1) is 0 Å². The molecule has 0 N–H and O–H groups in total. The van der Waals surface area contributed by atoms with E-state index in [1.54, 1.807) is 6.42 Å². The maximum atomic E-state index is 11.2. The van der Waals surface area contributed by atoms with Crippen molar-refractivity contribution in [3.63, 3.8) is 0 Å². The van der Waals surface area contributed by atoms with E-state index in [4.69, 9.17) is 4.74 Å². The van der Waals surface area contributed by atoms with Crippen LogP contribution >= 0.6 is 0 Å². The van der Waals surface area contributed by atoms with Crippen LogP contribution in [-0.2, 0) is 4.74 Å². The number of aliphatic imine (C=N–C) groups is 1. The van der Waals surface area contributed by atoms with E-state index in [0.29, 0.717) is 24.3 Å². The van der Waals surface area contributed by atoms with Gasteiger partial charge in [0.2, 0.25) is 0 Å². The van der Waals surface area contributed by atoms with Crippen molar-refractivity contribution in [2.45, 2.75) is 39.5 Å². The van der Waals surface area contributed by atoms with Crippen LogP contribution in [0, 0.1) is 46.4 Å². The summed E-state index contributed by atoms with van der Waals surface area (Å²) in [5, 5.41) is 11.2. The molecule has 2 aliphatic rings. The monoisotopic (exact) mass is 293 g/mol. The molecule has 1 heterocycles. The first-order chi connectivity index (χ1) is 9.21. The molecule has 0 amide bonds. The van der Waals surface area contributed by atoms with E-state index in [2.05, 4.69) is 38.5 Å². The summed E-state index contributed by atoms with van der Waals surface area (Å²) in [6, 6.07) is 0.208. The maximum Gasteiger partial charge on any atom is 0.311 e. The lowest BCUT2D eigenvalue weighted by Gasteiger charge is -2.28. The number of hydrogen-bond acceptors (Lipinski definition) is 4. The molecule has 0 aromatic heterocycles. The summed E-state index contributed by atoms with van der Waals surface area (Å²) < 4.78 is 5.67. The molecule has 0 spiro atoms. The van der Waals surface area contributed by atoms with Crippen LogP contribution < -0.4 is 0 Å². The molecule has 0 bridgehead atoms. The predicted molar refractivity (Wildman–Crippen MR) is 80.7 cm³/mol. The second-order valence-corrected chi connectivity index (χ2v) is 11.6. The average molecular weight is 293 g/mol. The summed E-state index contributed by atoms with van der Waals surface area (Å²) in [5.74, 6) is 1.44. The molecule has 1 aliphatic heterocycles. The molecule has 6 heteroatoms. The normalized spacial score (nSPS) is 26.1. The highest BCUT2D eigenvalue weighted by atomic mass is 28.3. The minimum Gasteiger partial charge on any atom is -0.478 e. The first-order valence-electron chi connectivity index (χ1n) is 6.87. The van der Waals surface area contributed by atoms with Gasteiger partial charge in [-0.05, 0) is 17.9 Å². The van der Waals surface area contributed by atoms with Gasteiger partial charge in [0.05, 0.1) is 20.5 Å². The first kappa shape index (κ1) is 15.5. The summed E-state index contributed by atoms with van der Waals surface area (Å²) in [6.07, 6.45) is 3.45. The van der Waals surface area contributed by atoms with Crippen molar-refractivity contribution in [3.8, 4) is 0 Å². The summed E-state index contributed by atoms with van der Waals surface area (Å²) in [5.41, 5.74) is 1.05. The zero-order valence-corrected chi connectivity index (χ0v) is 13.6. The van der Waals surface area contributed by atoms with Crippen LogP contribution in [0.3, 0.4) is 0 Å². The number of rotatable bonds is 4. The highest BCUT2D eigenvalue weighted by Crippen LogP contribution is 2.47. The van der Waals surface area contributed by atoms with E-state index >= 15 is 0 Å². The van der Waals surface area contributed by atoms with Crippen LogP contribution in [0.2, 0.25) is 19.6 Å². The SMILES string of the molecule is CC(C)[C@H]1COC([C]2[C]([N+](=O)[O-])[CH][CH][C]2[Si](C)(C)C)=N1. The van der Waals surface area contributed by atoms with Crippen LogP contribution in [-0.4, -0.2) is 31.5 Å². The maximum absolute atomic E-state index is 11.2. The largest absolute Gasteiger partial charge is 0.478 e. The van der Waals surface area contributed by atoms with Crippen molar-refractivity contribution in [2.24, 2.45) is 10.9 Å². The Kier molecular flexibility index (Phi) is 4.23. The lowest BCUT2D eigenvalue weighted by molar-refractivity contribution is -0.454. The molecule has 0 aromatic carbocycles. The molecule has 109 valence electrons. The third-order valence-electron chi connectivity index (χ3n) is 3.60. The Morgan fingerprint density at radius 1 is 1.40 bits per heavy atom. The second kappa shape index (κ2) is 5.46. The van der Waals surface area contributed by atoms with Gasteiger partial charge >= 0.3 is 6.04 Å². The Morgan fingerprint density at radius 2 is 2.05 bits per heavy atom. The molecule has 1 atom stereocenters. The van der Waals surface area contributed by atoms with E-state index < -0.39 is 8.07 Å². The number of nitro groups is 1. The molecule has 0 unspecified atom stereocenters. The lowest BCUT2D eigenvalue weighted by Crippen LogP contribution is -2.38. The molecular weight excluding hydrogens is 272 g/mol. The van der Waals surface area contributed by atoms with Gasteiger partial charge in [-0.3, -0.25) is 10.1 Å². The van der Waals surface area contributed by atoms with E-state index in [1.165, 1.54) is 0 Å². The summed E-state index contributed by atoms with van der Waals surface area (Å²) in [7, 11) is -1.68. The second-order valence-electron chi connectivity index (χ2n) is 6.57. The first-order valence-corrected chi connectivity index (χ1v) is 10.4. The third kappa shape index (κ3) is 2.89. The Labute approximate surface area is 122 Å². The Bertz CT molecular complexity index is 417. The summed E-state index contributed by atoms with van der Waals surface area (Å²) >= 11 is 0. The number of nitrogens with zero attached hydrogens (tertiary/aromatic N) is 2. The molecule has 2 rings (SSSR count). The minimum absolute atomic E-state index is 0.0917. The van der Waals surface area contributed by atoms with E-state index in [-0.39, 0.29) is 17.0 Å². The Hall–Kier alpha value is -0.913. The summed E-state index contributed by atoms with van der Waals surface area (Å²) in [6.45, 7) is 11.2. The van der Waals surface area contributed by atoms with Gasteiger partial charge in [0.15, 0.2) is 5.90 Å². The molecule has 5 nitrogen and oxygen atoms in total. The van der Waals surface area contributed by atoms with Crippen molar-refractivity contribution < 1.29 is 9.66 Å². The van der Waals surface area contributed by atoms with Crippen LogP contribution in [0.1, 0.15) is 13.8 Å². The standard InChI is InChI=1S/C14H21N2O3Si/c1-9(2)10-8-19-14(15-10)13-11(16(17)18)6-7-12(13)20(3,4)5/h6-7,9-10H,8H2,1-5H3/t10-/m1/s1. The topological polar surface area (TPSA) is 64.7 Å². The van der Waals surface area contributed by atoms with E-state index in [1.807, 2.05) is 6.42 Å². The smallest absolute Gasteiger partial charge is 0.311 e. The van der Waals surface area contributed by atoms with Crippen LogP contribution in [0.15, 0.2) is 4.99 Å². The Morgan fingerprint density at radius 3 is 2.50 bits per heavy atom. The van der Waals surface area contributed by atoms with Crippen LogP contribution in [0.5, 0.6) is 0 Å². The fourth-order valence-corrected chi connectivity index (χ4v) is 3.90. The van der Waals surface area contributed by atoms with Crippen molar-refractivity contribution in [1.82, 2.24) is 0 Å². The summed E-state index contributed by atoms with van der Waals surface area (Å²) in [4.78, 5) is 15.5. The lowest BCUT2D eigenvalue weighted by atomic mass is 10.0. The molecule has 0 aromatic rings. The van der Waals surface area contributed by atoms with Crippen molar-refractivity contribution in [2.75, 3.05) is 6.61 Å². The fraction of sp³-hybridized carbons (Fsp3) is 0.571. The zero-order valence-electron chi connectivity index (χ0n) is 12.6. The van der Waals surface area contributed by atoms with Gasteiger partial charge in [-0.2, -0.15) is 0 Å². The zero-order chi connectivity index (χ0) is 15.1. The Balaban J connectivity index is 2.28. The van der Waals surface area contributed by atoms with Crippen molar-refractivity contribution in [1.29, 1.82) is 0 Å². The van der Waals surface area contributed by atoms with Gasteiger partial charge in [0, 0.05) is 4.92 Å². The van der Waals surface area contributed by atoms with Crippen molar-refractivity contribution in [3.05, 3.63) is 40.5 Å². The molecule has 1 saturated carbocycles. The molecule has 1 aliphatic carbocycles. The quantitative estimate of drug-likeness (QED) is 0.455. The highest BCUT2D eigenvalue weighted by Gasteiger charge is 2.56. The van der Waals surface area contributed by atoms with E-state index in [9.17, 15) is 10.1 Å². The van der Waals surface area contributed by atoms with Gasteiger partial charge < -0.3 is 4.74 Å². The highest BCUT2D eigenvalue weighted by molar-refractivity contribution is 6.83. The fourth-order valence-electron chi connectivity index (χ4n) is 2.34. The van der Waals surface area contributed by atoms with Crippen LogP contribution in [0.25, 0.3) is 0 Å². The number of hydrogen-bond donors (Lipinski definition) is 0. The van der Waals surface area contributed by atoms with Gasteiger partial charge in [0.1, 0.15) is 12.5 Å². The van der Waals surface area contributed by atoms with Crippen molar-refractivity contribution >= 4 is 14.0 Å². The third-order valence-corrected chi connectivity index (χ3v) is 5.63. The van der Waals surface area contributed by atoms with Gasteiger partial charge in [0.25, 0.3) is 0 Å². The van der Waals surface area contributed by atoms with Gasteiger partial charge in [-0.1, -0.05) is 33.5 Å². The molecule has 1 fully saturated rings. The minimum atomic E-state index is -1.68. The number of ether oxygens (including phenoxy) is 1. The predicted octanol–water partition coefficient (Wildman–Crippen LogP) is 2.70. The van der Waals surface area contributed by atoms with Gasteiger partial charge in [-0.25, -0.2) is 4.99 Å². The molecular formula is C14H21N2O3Si. The average Bonchev–Trinajstić information content (AvgIpc) is 2.94. The van der Waals surface area contributed by atoms with Crippen LogP contribution in [0.4, 0.5) is 0 Å². The van der Waals surface area contributed by atoms with E-state index in [0.717, 1.165) is 5.54 Å². The molecule has 20 heavy (non-hydrogen) atoms. The molecule has 0 saturated heterocycles. The molecule has 5 radical (unpaired) electrons.